The van der Waals surface area contributed by atoms with Crippen LogP contribution in [0.5, 0.6) is 5.75 Å². The van der Waals surface area contributed by atoms with E-state index in [1.165, 1.54) is 13.3 Å². The lowest BCUT2D eigenvalue weighted by Gasteiger charge is -2.26. The minimum atomic E-state index is -0.619. The van der Waals surface area contributed by atoms with E-state index in [-0.39, 0.29) is 26.7 Å². The first kappa shape index (κ1) is 22.7. The van der Waals surface area contributed by atoms with Crippen LogP contribution < -0.4 is 5.32 Å². The topological polar surface area (TPSA) is 100 Å². The molecule has 1 saturated heterocycles. The largest absolute Gasteiger partial charge is 0.507 e. The molecule has 1 aliphatic heterocycles. The zero-order valence-electron chi connectivity index (χ0n) is 17.8. The zero-order chi connectivity index (χ0) is 22.0. The van der Waals surface area contributed by atoms with Gasteiger partial charge in [-0.1, -0.05) is 47.6 Å². The fourth-order valence-corrected chi connectivity index (χ4v) is 3.28. The number of hydrogen-bond acceptors (Lipinski definition) is 7. The smallest absolute Gasteiger partial charge is 0.331 e. The van der Waals surface area contributed by atoms with Gasteiger partial charge < -0.3 is 9.84 Å². The van der Waals surface area contributed by atoms with Crippen molar-refractivity contribution in [1.29, 1.82) is 0 Å². The maximum Gasteiger partial charge on any atom is 0.331 e. The number of ether oxygens (including phenoxy) is 1. The third-order valence-corrected chi connectivity index (χ3v) is 5.16. The lowest BCUT2D eigenvalue weighted by atomic mass is 9.79. The number of esters is 1. The van der Waals surface area contributed by atoms with Crippen molar-refractivity contribution in [3.05, 3.63) is 39.8 Å². The summed E-state index contributed by atoms with van der Waals surface area (Å²) in [5.74, 6) is -0.906. The minimum absolute atomic E-state index is 0.106. The monoisotopic (exact) mass is 417 g/mol. The van der Waals surface area contributed by atoms with E-state index in [0.717, 1.165) is 29.0 Å². The maximum absolute atomic E-state index is 11.9. The first-order valence-corrected chi connectivity index (χ1v) is 9.92. The Kier molecular flexibility index (Phi) is 6.57. The van der Waals surface area contributed by atoms with Crippen molar-refractivity contribution >= 4 is 35.0 Å². The van der Waals surface area contributed by atoms with E-state index >= 15 is 0 Å². The van der Waals surface area contributed by atoms with Crippen LogP contribution >= 0.6 is 11.8 Å². The normalized spacial score (nSPS) is 18.0. The Balaban J connectivity index is 2.35. The van der Waals surface area contributed by atoms with E-state index in [1.54, 1.807) is 0 Å². The SMILES string of the molecule is COC(=O)/C=C1/S/C(=N\N=Cc2cc(C(C)(C)C)cc(C(C)(C)C)c2O)NC1=O. The summed E-state index contributed by atoms with van der Waals surface area (Å²) in [5, 5.41) is 21.5. The van der Waals surface area contributed by atoms with Crippen molar-refractivity contribution in [2.45, 2.75) is 52.4 Å². The standard InChI is InChI=1S/C21H27N3O4S/c1-20(2,3)13-8-12(17(26)14(9-13)21(4,5)6)11-22-24-19-23-18(27)15(29-19)10-16(25)28-7/h8-11,26H,1-7H3,(H,23,24,27)/b15-10+,22-11?. The number of carbonyl (C=O) groups excluding carboxylic acids is 2. The van der Waals surface area contributed by atoms with E-state index in [0.29, 0.717) is 5.56 Å². The van der Waals surface area contributed by atoms with Crippen molar-refractivity contribution < 1.29 is 19.4 Å². The third kappa shape index (κ3) is 5.69. The molecule has 0 atom stereocenters. The molecule has 1 amide bonds. The summed E-state index contributed by atoms with van der Waals surface area (Å²) in [6.45, 7) is 12.4. The molecule has 0 saturated carbocycles. The van der Waals surface area contributed by atoms with Crippen LogP contribution in [0.25, 0.3) is 0 Å². The third-order valence-electron chi connectivity index (χ3n) is 4.26. The number of phenolic OH excluding ortho intramolecular Hbond substituents is 1. The van der Waals surface area contributed by atoms with Gasteiger partial charge in [0, 0.05) is 17.2 Å². The summed E-state index contributed by atoms with van der Waals surface area (Å²) in [4.78, 5) is 23.3. The Bertz CT molecular complexity index is 919. The Morgan fingerprint density at radius 1 is 1.17 bits per heavy atom. The van der Waals surface area contributed by atoms with Gasteiger partial charge in [0.05, 0.1) is 18.2 Å². The van der Waals surface area contributed by atoms with E-state index < -0.39 is 11.9 Å². The van der Waals surface area contributed by atoms with Crippen LogP contribution in [0, 0.1) is 0 Å². The lowest BCUT2D eigenvalue weighted by Crippen LogP contribution is -2.19. The van der Waals surface area contributed by atoms with Crippen LogP contribution in [0.15, 0.2) is 33.3 Å². The molecule has 7 nitrogen and oxygen atoms in total. The number of thioether (sulfide) groups is 1. The lowest BCUT2D eigenvalue weighted by molar-refractivity contribution is -0.135. The fourth-order valence-electron chi connectivity index (χ4n) is 2.54. The van der Waals surface area contributed by atoms with Gasteiger partial charge in [0.15, 0.2) is 5.17 Å². The number of phenols is 1. The number of amidine groups is 1. The van der Waals surface area contributed by atoms with E-state index in [9.17, 15) is 14.7 Å². The van der Waals surface area contributed by atoms with E-state index in [1.807, 2.05) is 32.9 Å². The number of nitrogens with one attached hydrogen (secondary N) is 1. The average Bonchev–Trinajstić information content (AvgIpc) is 2.93. The van der Waals surface area contributed by atoms with Crippen molar-refractivity contribution in [2.75, 3.05) is 7.11 Å². The van der Waals surface area contributed by atoms with Gasteiger partial charge in [-0.2, -0.15) is 5.10 Å². The molecule has 2 N–H and O–H groups in total. The van der Waals surface area contributed by atoms with Crippen LogP contribution in [0.4, 0.5) is 0 Å². The van der Waals surface area contributed by atoms with Gasteiger partial charge in [-0.3, -0.25) is 10.1 Å². The Morgan fingerprint density at radius 2 is 1.83 bits per heavy atom. The number of carbonyl (C=O) groups is 2. The molecule has 0 spiro atoms. The molecule has 0 aliphatic carbocycles. The van der Waals surface area contributed by atoms with Crippen molar-refractivity contribution in [3.8, 4) is 5.75 Å². The molecule has 1 aliphatic rings. The highest BCUT2D eigenvalue weighted by molar-refractivity contribution is 8.18. The molecule has 0 bridgehead atoms. The number of nitrogens with zero attached hydrogens (tertiary/aromatic N) is 2. The van der Waals surface area contributed by atoms with Crippen molar-refractivity contribution in [3.63, 3.8) is 0 Å². The maximum atomic E-state index is 11.9. The number of methoxy groups -OCH3 is 1. The average molecular weight is 418 g/mol. The van der Waals surface area contributed by atoms with Gasteiger partial charge in [-0.15, -0.1) is 5.10 Å². The zero-order valence-corrected chi connectivity index (χ0v) is 18.6. The van der Waals surface area contributed by atoms with Crippen LogP contribution in [-0.2, 0) is 25.2 Å². The summed E-state index contributed by atoms with van der Waals surface area (Å²) < 4.78 is 4.52. The number of rotatable bonds is 3. The highest BCUT2D eigenvalue weighted by Crippen LogP contribution is 2.37. The van der Waals surface area contributed by atoms with Gasteiger partial charge >= 0.3 is 5.97 Å². The first-order chi connectivity index (χ1) is 13.3. The van der Waals surface area contributed by atoms with Crippen LogP contribution in [-0.4, -0.2) is 35.5 Å². The van der Waals surface area contributed by atoms with Gasteiger partial charge in [0.25, 0.3) is 5.91 Å². The van der Waals surface area contributed by atoms with Crippen LogP contribution in [0.2, 0.25) is 0 Å². The first-order valence-electron chi connectivity index (χ1n) is 9.11. The molecule has 29 heavy (non-hydrogen) atoms. The van der Waals surface area contributed by atoms with E-state index in [2.05, 4.69) is 41.0 Å². The van der Waals surface area contributed by atoms with E-state index in [4.69, 9.17) is 0 Å². The summed E-state index contributed by atoms with van der Waals surface area (Å²) in [6, 6.07) is 3.91. The molecule has 0 unspecified atom stereocenters. The Labute approximate surface area is 175 Å². The molecule has 1 heterocycles. The Hall–Kier alpha value is -2.61. The summed E-state index contributed by atoms with van der Waals surface area (Å²) >= 11 is 0.990. The summed E-state index contributed by atoms with van der Waals surface area (Å²) in [7, 11) is 1.24. The summed E-state index contributed by atoms with van der Waals surface area (Å²) in [6.07, 6.45) is 2.56. The molecule has 2 rings (SSSR count). The van der Waals surface area contributed by atoms with Gasteiger partial charge in [-0.05, 0) is 34.2 Å². The number of benzene rings is 1. The molecule has 1 aromatic rings. The second kappa shape index (κ2) is 8.41. The molecule has 156 valence electrons. The molecule has 1 aromatic carbocycles. The second-order valence-corrected chi connectivity index (χ2v) is 9.73. The molecule has 0 radical (unpaired) electrons. The predicted molar refractivity (Wildman–Crippen MR) is 116 cm³/mol. The molecule has 1 fully saturated rings. The number of aromatic hydroxyl groups is 1. The quantitative estimate of drug-likeness (QED) is 0.339. The Morgan fingerprint density at radius 3 is 2.38 bits per heavy atom. The molecular weight excluding hydrogens is 390 g/mol. The number of amides is 1. The molecule has 0 aromatic heterocycles. The van der Waals surface area contributed by atoms with Gasteiger partial charge in [0.1, 0.15) is 5.75 Å². The van der Waals surface area contributed by atoms with Crippen LogP contribution in [0.3, 0.4) is 0 Å². The highest BCUT2D eigenvalue weighted by Gasteiger charge is 2.26. The minimum Gasteiger partial charge on any atom is -0.507 e. The number of hydrogen-bond donors (Lipinski definition) is 2. The molecule has 8 heteroatoms. The van der Waals surface area contributed by atoms with Gasteiger partial charge in [-0.25, -0.2) is 4.79 Å². The van der Waals surface area contributed by atoms with Gasteiger partial charge in [0.2, 0.25) is 0 Å². The van der Waals surface area contributed by atoms with Crippen molar-refractivity contribution in [1.82, 2.24) is 5.32 Å². The highest BCUT2D eigenvalue weighted by atomic mass is 32.2. The summed E-state index contributed by atoms with van der Waals surface area (Å²) in [5.41, 5.74) is 2.09. The molecular formula is C21H27N3O4S. The van der Waals surface area contributed by atoms with Crippen LogP contribution in [0.1, 0.15) is 58.2 Å². The predicted octanol–water partition coefficient (Wildman–Crippen LogP) is 3.60. The fraction of sp³-hybridized carbons (Fsp3) is 0.429. The second-order valence-electron chi connectivity index (χ2n) is 8.70. The van der Waals surface area contributed by atoms with Crippen molar-refractivity contribution in [2.24, 2.45) is 10.2 Å².